The molecule has 0 amide bonds. The summed E-state index contributed by atoms with van der Waals surface area (Å²) in [6.45, 7) is 0.993. The standard InChI is InChI=1S/C11H15BrN2/c1-14-7-3-2-4-9-5-6-10(12)8-11(9)13/h2,4-6,8,14H,3,7,13H2,1H3. The average molecular weight is 255 g/mol. The van der Waals surface area contributed by atoms with Gasteiger partial charge in [-0.25, -0.2) is 0 Å². The van der Waals surface area contributed by atoms with Crippen LogP contribution in [-0.4, -0.2) is 13.6 Å². The fraction of sp³-hybridized carbons (Fsp3) is 0.273. The Balaban J connectivity index is 2.62. The van der Waals surface area contributed by atoms with Crippen LogP contribution in [0.3, 0.4) is 0 Å². The zero-order valence-electron chi connectivity index (χ0n) is 8.26. The lowest BCUT2D eigenvalue weighted by atomic mass is 10.1. The van der Waals surface area contributed by atoms with E-state index in [0.717, 1.165) is 28.7 Å². The van der Waals surface area contributed by atoms with Crippen LogP contribution in [-0.2, 0) is 0 Å². The van der Waals surface area contributed by atoms with E-state index in [1.54, 1.807) is 0 Å². The van der Waals surface area contributed by atoms with E-state index in [2.05, 4.69) is 33.4 Å². The summed E-state index contributed by atoms with van der Waals surface area (Å²) in [4.78, 5) is 0. The number of nitrogens with two attached hydrogens (primary N) is 1. The lowest BCUT2D eigenvalue weighted by molar-refractivity contribution is 0.809. The van der Waals surface area contributed by atoms with E-state index in [1.165, 1.54) is 0 Å². The second-order valence-electron chi connectivity index (χ2n) is 3.07. The molecule has 0 fully saturated rings. The minimum Gasteiger partial charge on any atom is -0.398 e. The average Bonchev–Trinajstić information content (AvgIpc) is 2.15. The number of benzene rings is 1. The molecule has 1 aromatic carbocycles. The lowest BCUT2D eigenvalue weighted by Crippen LogP contribution is -2.05. The Labute approximate surface area is 93.3 Å². The third kappa shape index (κ3) is 3.52. The SMILES string of the molecule is CNCCC=Cc1ccc(Br)cc1N. The van der Waals surface area contributed by atoms with Gasteiger partial charge in [0.15, 0.2) is 0 Å². The van der Waals surface area contributed by atoms with Gasteiger partial charge in [0.05, 0.1) is 0 Å². The third-order valence-corrected chi connectivity index (χ3v) is 2.40. The summed E-state index contributed by atoms with van der Waals surface area (Å²) in [6, 6.07) is 5.92. The van der Waals surface area contributed by atoms with E-state index in [9.17, 15) is 0 Å². The largest absolute Gasteiger partial charge is 0.398 e. The van der Waals surface area contributed by atoms with Crippen LogP contribution in [0.4, 0.5) is 5.69 Å². The summed E-state index contributed by atoms with van der Waals surface area (Å²) in [5.41, 5.74) is 7.72. The van der Waals surface area contributed by atoms with Gasteiger partial charge in [0, 0.05) is 10.2 Å². The summed E-state index contributed by atoms with van der Waals surface area (Å²) >= 11 is 3.38. The number of nitrogen functional groups attached to an aromatic ring is 1. The highest BCUT2D eigenvalue weighted by Crippen LogP contribution is 2.19. The van der Waals surface area contributed by atoms with Gasteiger partial charge in [0.2, 0.25) is 0 Å². The van der Waals surface area contributed by atoms with E-state index >= 15 is 0 Å². The lowest BCUT2D eigenvalue weighted by Gasteiger charge is -2.00. The van der Waals surface area contributed by atoms with Crippen molar-refractivity contribution >= 4 is 27.7 Å². The Morgan fingerprint density at radius 2 is 2.29 bits per heavy atom. The Hall–Kier alpha value is -0.800. The zero-order valence-corrected chi connectivity index (χ0v) is 9.84. The van der Waals surface area contributed by atoms with E-state index in [-0.39, 0.29) is 0 Å². The van der Waals surface area contributed by atoms with Gasteiger partial charge >= 0.3 is 0 Å². The molecule has 76 valence electrons. The van der Waals surface area contributed by atoms with E-state index in [4.69, 9.17) is 5.73 Å². The molecule has 1 aromatic rings. The number of nitrogens with one attached hydrogen (secondary N) is 1. The van der Waals surface area contributed by atoms with Gasteiger partial charge in [0.1, 0.15) is 0 Å². The topological polar surface area (TPSA) is 38.0 Å². The van der Waals surface area contributed by atoms with Crippen molar-refractivity contribution in [3.8, 4) is 0 Å². The molecule has 3 N–H and O–H groups in total. The molecule has 0 saturated carbocycles. The van der Waals surface area contributed by atoms with Crippen molar-refractivity contribution in [2.24, 2.45) is 0 Å². The van der Waals surface area contributed by atoms with Crippen molar-refractivity contribution in [2.75, 3.05) is 19.3 Å². The second-order valence-corrected chi connectivity index (χ2v) is 3.98. The van der Waals surface area contributed by atoms with Gasteiger partial charge in [0.25, 0.3) is 0 Å². The predicted molar refractivity (Wildman–Crippen MR) is 66.1 cm³/mol. The van der Waals surface area contributed by atoms with Crippen LogP contribution in [0.15, 0.2) is 28.7 Å². The zero-order chi connectivity index (χ0) is 10.4. The number of hydrogen-bond donors (Lipinski definition) is 2. The summed E-state index contributed by atoms with van der Waals surface area (Å²) in [6.07, 6.45) is 5.20. The molecule has 0 aromatic heterocycles. The maximum Gasteiger partial charge on any atom is 0.0398 e. The first kappa shape index (κ1) is 11.3. The van der Waals surface area contributed by atoms with E-state index in [0.29, 0.717) is 0 Å². The van der Waals surface area contributed by atoms with Crippen molar-refractivity contribution in [3.05, 3.63) is 34.3 Å². The number of halogens is 1. The van der Waals surface area contributed by atoms with Crippen LogP contribution >= 0.6 is 15.9 Å². The Bertz CT molecular complexity index is 321. The van der Waals surface area contributed by atoms with Gasteiger partial charge in [-0.05, 0) is 37.7 Å². The van der Waals surface area contributed by atoms with Crippen molar-refractivity contribution in [1.29, 1.82) is 0 Å². The smallest absolute Gasteiger partial charge is 0.0398 e. The summed E-state index contributed by atoms with van der Waals surface area (Å²) in [5, 5.41) is 3.09. The van der Waals surface area contributed by atoms with Crippen LogP contribution < -0.4 is 11.1 Å². The Morgan fingerprint density at radius 3 is 2.93 bits per heavy atom. The maximum atomic E-state index is 5.84. The summed E-state index contributed by atoms with van der Waals surface area (Å²) in [7, 11) is 1.95. The Kier molecular flexibility index (Phi) is 4.70. The molecule has 3 heteroatoms. The van der Waals surface area contributed by atoms with E-state index < -0.39 is 0 Å². The van der Waals surface area contributed by atoms with Crippen molar-refractivity contribution in [2.45, 2.75) is 6.42 Å². The van der Waals surface area contributed by atoms with Gasteiger partial charge in [-0.15, -0.1) is 0 Å². The molecule has 0 bridgehead atoms. The van der Waals surface area contributed by atoms with Gasteiger partial charge in [-0.3, -0.25) is 0 Å². The fourth-order valence-electron chi connectivity index (χ4n) is 1.14. The second kappa shape index (κ2) is 5.83. The molecule has 0 unspecified atom stereocenters. The maximum absolute atomic E-state index is 5.84. The molecule has 0 aliphatic rings. The molecular formula is C11H15BrN2. The molecule has 0 heterocycles. The molecule has 0 spiro atoms. The van der Waals surface area contributed by atoms with Crippen LogP contribution in [0.2, 0.25) is 0 Å². The van der Waals surface area contributed by atoms with Crippen molar-refractivity contribution in [1.82, 2.24) is 5.32 Å². The number of rotatable bonds is 4. The molecule has 0 atom stereocenters. The van der Waals surface area contributed by atoms with Crippen LogP contribution in [0, 0.1) is 0 Å². The van der Waals surface area contributed by atoms with Gasteiger partial charge < -0.3 is 11.1 Å². The summed E-state index contributed by atoms with van der Waals surface area (Å²) in [5.74, 6) is 0. The van der Waals surface area contributed by atoms with Crippen molar-refractivity contribution in [3.63, 3.8) is 0 Å². The highest BCUT2D eigenvalue weighted by atomic mass is 79.9. The quantitative estimate of drug-likeness (QED) is 0.641. The molecule has 2 nitrogen and oxygen atoms in total. The normalized spacial score (nSPS) is 11.0. The van der Waals surface area contributed by atoms with Crippen LogP contribution in [0.25, 0.3) is 6.08 Å². The van der Waals surface area contributed by atoms with Gasteiger partial charge in [-0.2, -0.15) is 0 Å². The highest BCUT2D eigenvalue weighted by Gasteiger charge is 1.94. The molecule has 14 heavy (non-hydrogen) atoms. The first-order valence-corrected chi connectivity index (χ1v) is 5.39. The molecule has 0 radical (unpaired) electrons. The third-order valence-electron chi connectivity index (χ3n) is 1.91. The summed E-state index contributed by atoms with van der Waals surface area (Å²) < 4.78 is 1.02. The van der Waals surface area contributed by atoms with E-state index in [1.807, 2.05) is 25.2 Å². The number of anilines is 1. The predicted octanol–water partition coefficient (Wildman–Crippen LogP) is 2.65. The number of hydrogen-bond acceptors (Lipinski definition) is 2. The van der Waals surface area contributed by atoms with Gasteiger partial charge in [-0.1, -0.05) is 34.1 Å². The first-order chi connectivity index (χ1) is 6.74. The monoisotopic (exact) mass is 254 g/mol. The molecule has 1 rings (SSSR count). The fourth-order valence-corrected chi connectivity index (χ4v) is 1.51. The molecule has 0 aliphatic carbocycles. The van der Waals surface area contributed by atoms with Crippen LogP contribution in [0.5, 0.6) is 0 Å². The molecule has 0 saturated heterocycles. The van der Waals surface area contributed by atoms with Crippen LogP contribution in [0.1, 0.15) is 12.0 Å². The van der Waals surface area contributed by atoms with Crippen molar-refractivity contribution < 1.29 is 0 Å². The Morgan fingerprint density at radius 1 is 1.50 bits per heavy atom. The minimum absolute atomic E-state index is 0.806. The highest BCUT2D eigenvalue weighted by molar-refractivity contribution is 9.10. The molecular weight excluding hydrogens is 240 g/mol. The minimum atomic E-state index is 0.806. The first-order valence-electron chi connectivity index (χ1n) is 4.60. The molecule has 0 aliphatic heterocycles.